The number of rotatable bonds is 8. The zero-order valence-corrected chi connectivity index (χ0v) is 14.8. The van der Waals surface area contributed by atoms with Crippen LogP contribution in [0.1, 0.15) is 60.3 Å². The fourth-order valence-electron chi connectivity index (χ4n) is 2.09. The van der Waals surface area contributed by atoms with Crippen LogP contribution in [0.25, 0.3) is 0 Å². The van der Waals surface area contributed by atoms with Gasteiger partial charge < -0.3 is 15.6 Å². The molecule has 0 heterocycles. The van der Waals surface area contributed by atoms with E-state index in [0.29, 0.717) is 13.0 Å². The molecule has 7 nitrogen and oxygen atoms in total. The molecule has 1 unspecified atom stereocenters. The van der Waals surface area contributed by atoms with Crippen molar-refractivity contribution in [2.24, 2.45) is 11.7 Å². The quantitative estimate of drug-likeness (QED) is 0.661. The van der Waals surface area contributed by atoms with Crippen molar-refractivity contribution in [2.45, 2.75) is 71.9 Å². The van der Waals surface area contributed by atoms with Crippen LogP contribution in [0.3, 0.4) is 0 Å². The average molecular weight is 330 g/mol. The van der Waals surface area contributed by atoms with Gasteiger partial charge in [0, 0.05) is 6.42 Å². The van der Waals surface area contributed by atoms with E-state index in [1.54, 1.807) is 34.6 Å². The molecular weight excluding hydrogens is 300 g/mol. The Kier molecular flexibility index (Phi) is 8.82. The lowest BCUT2D eigenvalue weighted by molar-refractivity contribution is -0.151. The van der Waals surface area contributed by atoms with E-state index in [4.69, 9.17) is 10.5 Å². The SMILES string of the molecule is CC(C)C(C(=O)O)N(C(=O)CCCCCN)C(=O)OC(C)(C)C. The van der Waals surface area contributed by atoms with Crippen LogP contribution in [0, 0.1) is 5.92 Å². The van der Waals surface area contributed by atoms with Crippen molar-refractivity contribution in [3.8, 4) is 0 Å². The minimum atomic E-state index is -1.24. The van der Waals surface area contributed by atoms with Crippen LogP contribution in [0.4, 0.5) is 4.79 Å². The lowest BCUT2D eigenvalue weighted by Crippen LogP contribution is -2.52. The molecular formula is C16H30N2O5. The lowest BCUT2D eigenvalue weighted by Gasteiger charge is -2.31. The normalized spacial score (nSPS) is 12.8. The van der Waals surface area contributed by atoms with E-state index in [-0.39, 0.29) is 6.42 Å². The first kappa shape index (κ1) is 21.4. The number of aliphatic carboxylic acids is 1. The summed E-state index contributed by atoms with van der Waals surface area (Å²) in [6.07, 6.45) is 1.27. The number of hydrogen-bond donors (Lipinski definition) is 2. The number of carboxylic acid groups (broad SMARTS) is 1. The van der Waals surface area contributed by atoms with Crippen molar-refractivity contribution in [3.63, 3.8) is 0 Å². The van der Waals surface area contributed by atoms with Crippen LogP contribution < -0.4 is 5.73 Å². The zero-order valence-electron chi connectivity index (χ0n) is 14.8. The van der Waals surface area contributed by atoms with Gasteiger partial charge in [0.1, 0.15) is 11.6 Å². The maximum atomic E-state index is 12.4. The van der Waals surface area contributed by atoms with Crippen LogP contribution in [-0.2, 0) is 14.3 Å². The molecule has 0 spiro atoms. The number of imide groups is 1. The highest BCUT2D eigenvalue weighted by Crippen LogP contribution is 2.19. The van der Waals surface area contributed by atoms with Crippen LogP contribution in [0.2, 0.25) is 0 Å². The predicted molar refractivity (Wildman–Crippen MR) is 86.9 cm³/mol. The second kappa shape index (κ2) is 9.50. The summed E-state index contributed by atoms with van der Waals surface area (Å²) < 4.78 is 5.21. The molecule has 1 atom stereocenters. The number of carbonyl (C=O) groups is 3. The molecule has 7 heteroatoms. The third-order valence-electron chi connectivity index (χ3n) is 3.12. The number of nitrogens with two attached hydrogens (primary N) is 1. The van der Waals surface area contributed by atoms with Gasteiger partial charge in [-0.25, -0.2) is 14.5 Å². The van der Waals surface area contributed by atoms with Crippen LogP contribution in [-0.4, -0.2) is 46.2 Å². The number of nitrogens with zero attached hydrogens (tertiary/aromatic N) is 1. The lowest BCUT2D eigenvalue weighted by atomic mass is 10.0. The van der Waals surface area contributed by atoms with Crippen LogP contribution >= 0.6 is 0 Å². The predicted octanol–water partition coefficient (Wildman–Crippen LogP) is 2.38. The largest absolute Gasteiger partial charge is 0.480 e. The van der Waals surface area contributed by atoms with Gasteiger partial charge in [-0.2, -0.15) is 0 Å². The Hall–Kier alpha value is -1.63. The monoisotopic (exact) mass is 330 g/mol. The third kappa shape index (κ3) is 7.97. The van der Waals surface area contributed by atoms with Crippen molar-refractivity contribution in [1.82, 2.24) is 4.90 Å². The highest BCUT2D eigenvalue weighted by atomic mass is 16.6. The van der Waals surface area contributed by atoms with Crippen molar-refractivity contribution >= 4 is 18.0 Å². The maximum Gasteiger partial charge on any atom is 0.417 e. The summed E-state index contributed by atoms with van der Waals surface area (Å²) in [5, 5.41) is 9.40. The fraction of sp³-hybridized carbons (Fsp3) is 0.812. The molecule has 0 aliphatic rings. The van der Waals surface area contributed by atoms with Crippen molar-refractivity contribution in [2.75, 3.05) is 6.54 Å². The van der Waals surface area contributed by atoms with E-state index >= 15 is 0 Å². The number of ether oxygens (including phenoxy) is 1. The summed E-state index contributed by atoms with van der Waals surface area (Å²) >= 11 is 0. The van der Waals surface area contributed by atoms with Gasteiger partial charge >= 0.3 is 12.1 Å². The van der Waals surface area contributed by atoms with Crippen molar-refractivity contribution in [3.05, 3.63) is 0 Å². The fourth-order valence-corrected chi connectivity index (χ4v) is 2.09. The molecule has 3 N–H and O–H groups in total. The molecule has 23 heavy (non-hydrogen) atoms. The molecule has 0 bridgehead atoms. The maximum absolute atomic E-state index is 12.4. The summed E-state index contributed by atoms with van der Waals surface area (Å²) in [4.78, 5) is 37.0. The van der Waals surface area contributed by atoms with E-state index in [2.05, 4.69) is 0 Å². The average Bonchev–Trinajstić information content (AvgIpc) is 2.37. The van der Waals surface area contributed by atoms with Gasteiger partial charge in [0.2, 0.25) is 5.91 Å². The number of amides is 2. The Bertz CT molecular complexity index is 415. The Morgan fingerprint density at radius 1 is 1.13 bits per heavy atom. The van der Waals surface area contributed by atoms with Crippen LogP contribution in [0.5, 0.6) is 0 Å². The Morgan fingerprint density at radius 2 is 1.70 bits per heavy atom. The second-order valence-electron chi connectivity index (χ2n) is 6.87. The first-order valence-corrected chi connectivity index (χ1v) is 7.99. The molecule has 0 aromatic heterocycles. The number of carboxylic acids is 1. The van der Waals surface area contributed by atoms with Crippen LogP contribution in [0.15, 0.2) is 0 Å². The van der Waals surface area contributed by atoms with Gasteiger partial charge in [-0.1, -0.05) is 20.3 Å². The topological polar surface area (TPSA) is 110 Å². The van der Waals surface area contributed by atoms with E-state index in [1.165, 1.54) is 0 Å². The van der Waals surface area contributed by atoms with E-state index < -0.39 is 35.5 Å². The smallest absolute Gasteiger partial charge is 0.417 e. The molecule has 134 valence electrons. The highest BCUT2D eigenvalue weighted by Gasteiger charge is 2.39. The minimum absolute atomic E-state index is 0.0930. The first-order valence-electron chi connectivity index (χ1n) is 7.99. The van der Waals surface area contributed by atoms with Gasteiger partial charge in [-0.05, 0) is 46.1 Å². The zero-order chi connectivity index (χ0) is 18.2. The molecule has 0 saturated heterocycles. The Balaban J connectivity index is 5.23. The molecule has 0 aromatic rings. The molecule has 0 saturated carbocycles. The molecule has 0 aromatic carbocycles. The van der Waals surface area contributed by atoms with Gasteiger partial charge in [0.15, 0.2) is 0 Å². The first-order chi connectivity index (χ1) is 10.5. The Morgan fingerprint density at radius 3 is 2.09 bits per heavy atom. The standard InChI is InChI=1S/C16H30N2O5/c1-11(2)13(14(20)21)18(15(22)23-16(3,4)5)12(19)9-7-6-8-10-17/h11,13H,6-10,17H2,1-5H3,(H,20,21). The number of carbonyl (C=O) groups excluding carboxylic acids is 2. The molecule has 0 rings (SSSR count). The second-order valence-corrected chi connectivity index (χ2v) is 6.87. The van der Waals surface area contributed by atoms with Gasteiger partial charge in [-0.15, -0.1) is 0 Å². The van der Waals surface area contributed by atoms with E-state index in [9.17, 15) is 19.5 Å². The van der Waals surface area contributed by atoms with E-state index in [1.807, 2.05) is 0 Å². The molecule has 0 fully saturated rings. The summed E-state index contributed by atoms with van der Waals surface area (Å²) in [5.74, 6) is -2.17. The number of hydrogen-bond acceptors (Lipinski definition) is 5. The molecule has 2 amide bonds. The summed E-state index contributed by atoms with van der Waals surface area (Å²) in [7, 11) is 0. The summed E-state index contributed by atoms with van der Waals surface area (Å²) in [5.41, 5.74) is 4.59. The number of unbranched alkanes of at least 4 members (excludes halogenated alkanes) is 2. The summed E-state index contributed by atoms with van der Waals surface area (Å²) in [6.45, 7) is 8.84. The summed E-state index contributed by atoms with van der Waals surface area (Å²) in [6, 6.07) is -1.24. The van der Waals surface area contributed by atoms with Gasteiger partial charge in [0.25, 0.3) is 0 Å². The van der Waals surface area contributed by atoms with Crippen molar-refractivity contribution < 1.29 is 24.2 Å². The molecule has 0 radical (unpaired) electrons. The highest BCUT2D eigenvalue weighted by molar-refractivity contribution is 5.96. The van der Waals surface area contributed by atoms with Crippen molar-refractivity contribution in [1.29, 1.82) is 0 Å². The Labute approximate surface area is 138 Å². The van der Waals surface area contributed by atoms with Gasteiger partial charge in [0.05, 0.1) is 0 Å². The third-order valence-corrected chi connectivity index (χ3v) is 3.12. The molecule has 0 aliphatic carbocycles. The minimum Gasteiger partial charge on any atom is -0.480 e. The van der Waals surface area contributed by atoms with Gasteiger partial charge in [-0.3, -0.25) is 4.79 Å². The molecule has 0 aliphatic heterocycles. The van der Waals surface area contributed by atoms with E-state index in [0.717, 1.165) is 17.7 Å².